The molecule has 1 unspecified atom stereocenters. The van der Waals surface area contributed by atoms with Gasteiger partial charge in [0.15, 0.2) is 0 Å². The molecule has 0 aromatic heterocycles. The molecule has 1 rings (SSSR count). The van der Waals surface area contributed by atoms with Gasteiger partial charge in [-0.2, -0.15) is 11.8 Å². The average Bonchev–Trinajstić information content (AvgIpc) is 2.16. The van der Waals surface area contributed by atoms with Gasteiger partial charge in [0, 0.05) is 28.7 Å². The summed E-state index contributed by atoms with van der Waals surface area (Å²) in [6, 6.07) is 5.00. The number of carbonyl (C=O) groups excluding carboxylic acids is 1. The molecule has 0 aliphatic carbocycles. The molecule has 0 saturated heterocycles. The van der Waals surface area contributed by atoms with E-state index in [1.807, 2.05) is 13.2 Å². The van der Waals surface area contributed by atoms with Crippen LogP contribution in [-0.4, -0.2) is 24.0 Å². The Kier molecular flexibility index (Phi) is 4.49. The van der Waals surface area contributed by atoms with E-state index in [4.69, 9.17) is 11.5 Å². The summed E-state index contributed by atoms with van der Waals surface area (Å²) in [6.07, 6.45) is 2.00. The number of hydrogen-bond acceptors (Lipinski definition) is 4. The van der Waals surface area contributed by atoms with Crippen LogP contribution >= 0.6 is 11.8 Å². The number of benzene rings is 1. The van der Waals surface area contributed by atoms with Crippen molar-refractivity contribution in [3.63, 3.8) is 0 Å². The van der Waals surface area contributed by atoms with Crippen LogP contribution in [0.1, 0.15) is 17.3 Å². The largest absolute Gasteiger partial charge is 0.399 e. The Balaban J connectivity index is 2.72. The van der Waals surface area contributed by atoms with E-state index in [-0.39, 0.29) is 11.9 Å². The van der Waals surface area contributed by atoms with Gasteiger partial charge in [0.2, 0.25) is 0 Å². The van der Waals surface area contributed by atoms with Crippen molar-refractivity contribution in [1.82, 2.24) is 5.32 Å². The summed E-state index contributed by atoms with van der Waals surface area (Å²) >= 11 is 1.69. The van der Waals surface area contributed by atoms with E-state index in [1.54, 1.807) is 30.0 Å². The third kappa shape index (κ3) is 3.66. The van der Waals surface area contributed by atoms with E-state index in [0.29, 0.717) is 16.9 Å². The lowest BCUT2D eigenvalue weighted by Gasteiger charge is -2.13. The molecule has 0 spiro atoms. The van der Waals surface area contributed by atoms with E-state index >= 15 is 0 Å². The predicted octanol–water partition coefficient (Wildman–Crippen LogP) is 1.33. The molecule has 1 amide bonds. The smallest absolute Gasteiger partial charge is 0.251 e. The molecule has 1 atom stereocenters. The zero-order valence-corrected chi connectivity index (χ0v) is 10.3. The molecule has 1 aromatic carbocycles. The molecule has 4 nitrogen and oxygen atoms in total. The van der Waals surface area contributed by atoms with Crippen molar-refractivity contribution < 1.29 is 4.79 Å². The maximum atomic E-state index is 11.8. The number of hydrogen-bond donors (Lipinski definition) is 3. The molecule has 1 aromatic rings. The van der Waals surface area contributed by atoms with Crippen LogP contribution in [0.5, 0.6) is 0 Å². The number of anilines is 2. The van der Waals surface area contributed by atoms with Crippen molar-refractivity contribution in [2.45, 2.75) is 13.0 Å². The fourth-order valence-electron chi connectivity index (χ4n) is 1.41. The lowest BCUT2D eigenvalue weighted by Crippen LogP contribution is -2.34. The van der Waals surface area contributed by atoms with Crippen molar-refractivity contribution in [1.29, 1.82) is 0 Å². The van der Waals surface area contributed by atoms with Gasteiger partial charge in [-0.3, -0.25) is 4.79 Å². The van der Waals surface area contributed by atoms with Crippen molar-refractivity contribution in [3.05, 3.63) is 23.8 Å². The molecule has 88 valence electrons. The second kappa shape index (κ2) is 5.65. The lowest BCUT2D eigenvalue weighted by atomic mass is 10.1. The molecule has 0 fully saturated rings. The van der Waals surface area contributed by atoms with Crippen LogP contribution in [0.4, 0.5) is 11.4 Å². The van der Waals surface area contributed by atoms with E-state index in [0.717, 1.165) is 5.75 Å². The SMILES string of the molecule is CSCC(C)NC(=O)c1cc(N)cc(N)c1. The van der Waals surface area contributed by atoms with E-state index < -0.39 is 0 Å². The van der Waals surface area contributed by atoms with Gasteiger partial charge in [-0.05, 0) is 31.4 Å². The number of nitrogen functional groups attached to an aromatic ring is 2. The summed E-state index contributed by atoms with van der Waals surface area (Å²) in [6.45, 7) is 1.96. The summed E-state index contributed by atoms with van der Waals surface area (Å²) in [7, 11) is 0. The Bertz CT molecular complexity index is 361. The first-order valence-corrected chi connectivity index (χ1v) is 6.38. The minimum absolute atomic E-state index is 0.130. The van der Waals surface area contributed by atoms with Crippen LogP contribution in [0.2, 0.25) is 0 Å². The molecule has 0 bridgehead atoms. The molecule has 5 N–H and O–H groups in total. The van der Waals surface area contributed by atoms with Crippen molar-refractivity contribution in [2.75, 3.05) is 23.5 Å². The lowest BCUT2D eigenvalue weighted by molar-refractivity contribution is 0.0944. The fraction of sp³-hybridized carbons (Fsp3) is 0.364. The van der Waals surface area contributed by atoms with Gasteiger partial charge in [0.1, 0.15) is 0 Å². The van der Waals surface area contributed by atoms with Crippen LogP contribution in [0.25, 0.3) is 0 Å². The molecular weight excluding hydrogens is 222 g/mol. The molecule has 5 heteroatoms. The highest BCUT2D eigenvalue weighted by molar-refractivity contribution is 7.98. The summed E-state index contributed by atoms with van der Waals surface area (Å²) in [5.41, 5.74) is 12.8. The maximum absolute atomic E-state index is 11.8. The van der Waals surface area contributed by atoms with E-state index in [2.05, 4.69) is 5.32 Å². The number of rotatable bonds is 4. The van der Waals surface area contributed by atoms with Gasteiger partial charge in [-0.1, -0.05) is 0 Å². The molecule has 0 heterocycles. The molecule has 16 heavy (non-hydrogen) atoms. The first kappa shape index (κ1) is 12.7. The highest BCUT2D eigenvalue weighted by atomic mass is 32.2. The summed E-state index contributed by atoms with van der Waals surface area (Å²) in [4.78, 5) is 11.8. The molecular formula is C11H17N3OS. The fourth-order valence-corrected chi connectivity index (χ4v) is 1.99. The third-order valence-corrected chi connectivity index (χ3v) is 2.87. The summed E-state index contributed by atoms with van der Waals surface area (Å²) in [5, 5.41) is 2.88. The van der Waals surface area contributed by atoms with Crippen LogP contribution in [-0.2, 0) is 0 Å². The Morgan fingerprint density at radius 1 is 1.38 bits per heavy atom. The van der Waals surface area contributed by atoms with Crippen LogP contribution in [0.3, 0.4) is 0 Å². The number of nitrogens with two attached hydrogens (primary N) is 2. The molecule has 0 aliphatic rings. The van der Waals surface area contributed by atoms with Gasteiger partial charge in [-0.25, -0.2) is 0 Å². The summed E-state index contributed by atoms with van der Waals surface area (Å²) in [5.74, 6) is 0.740. The molecule has 0 radical (unpaired) electrons. The van der Waals surface area contributed by atoms with Crippen molar-refractivity contribution >= 4 is 29.0 Å². The van der Waals surface area contributed by atoms with Crippen LogP contribution in [0.15, 0.2) is 18.2 Å². The van der Waals surface area contributed by atoms with Crippen molar-refractivity contribution in [3.8, 4) is 0 Å². The predicted molar refractivity (Wildman–Crippen MR) is 70.6 cm³/mol. The maximum Gasteiger partial charge on any atom is 0.251 e. The van der Waals surface area contributed by atoms with Gasteiger partial charge in [-0.15, -0.1) is 0 Å². The normalized spacial score (nSPS) is 12.1. The minimum atomic E-state index is -0.138. The molecule has 0 aliphatic heterocycles. The van der Waals surface area contributed by atoms with Crippen molar-refractivity contribution in [2.24, 2.45) is 0 Å². The molecule has 0 saturated carbocycles. The second-order valence-corrected chi connectivity index (χ2v) is 4.63. The monoisotopic (exact) mass is 239 g/mol. The Hall–Kier alpha value is -1.36. The van der Waals surface area contributed by atoms with Gasteiger partial charge >= 0.3 is 0 Å². The second-order valence-electron chi connectivity index (χ2n) is 3.72. The topological polar surface area (TPSA) is 81.1 Å². The zero-order chi connectivity index (χ0) is 12.1. The number of carbonyl (C=O) groups is 1. The zero-order valence-electron chi connectivity index (χ0n) is 9.49. The number of amides is 1. The first-order chi connectivity index (χ1) is 7.52. The standard InChI is InChI=1S/C11H17N3OS/c1-7(6-16-2)14-11(15)8-3-9(12)5-10(13)4-8/h3-5,7H,6,12-13H2,1-2H3,(H,14,15). The van der Waals surface area contributed by atoms with E-state index in [1.165, 1.54) is 0 Å². The number of thioether (sulfide) groups is 1. The van der Waals surface area contributed by atoms with Gasteiger partial charge < -0.3 is 16.8 Å². The Morgan fingerprint density at radius 2 is 1.94 bits per heavy atom. The number of nitrogens with one attached hydrogen (secondary N) is 1. The quantitative estimate of drug-likeness (QED) is 0.692. The summed E-state index contributed by atoms with van der Waals surface area (Å²) < 4.78 is 0. The highest BCUT2D eigenvalue weighted by Crippen LogP contribution is 2.13. The average molecular weight is 239 g/mol. The highest BCUT2D eigenvalue weighted by Gasteiger charge is 2.10. The van der Waals surface area contributed by atoms with Gasteiger partial charge in [0.05, 0.1) is 0 Å². The Labute approximate surface area is 99.8 Å². The van der Waals surface area contributed by atoms with Crippen LogP contribution < -0.4 is 16.8 Å². The minimum Gasteiger partial charge on any atom is -0.399 e. The third-order valence-electron chi connectivity index (χ3n) is 2.03. The Morgan fingerprint density at radius 3 is 2.44 bits per heavy atom. The van der Waals surface area contributed by atoms with E-state index in [9.17, 15) is 4.79 Å². The van der Waals surface area contributed by atoms with Crippen LogP contribution in [0, 0.1) is 0 Å². The first-order valence-electron chi connectivity index (χ1n) is 4.98. The van der Waals surface area contributed by atoms with Gasteiger partial charge in [0.25, 0.3) is 5.91 Å².